The molecule has 2 N–H and O–H groups in total. The molecular formula is C11H12F6N4O. The van der Waals surface area contributed by atoms with E-state index in [0.717, 1.165) is 0 Å². The van der Waals surface area contributed by atoms with Crippen LogP contribution in [0.25, 0.3) is 0 Å². The number of carbonyl (C=O) groups excluding carboxylic acids is 1. The summed E-state index contributed by atoms with van der Waals surface area (Å²) >= 11 is 0. The molecule has 2 unspecified atom stereocenters. The standard InChI is InChI=1S/C11H12F6N4O/c12-10(13,14)6-3-1-2-5(4-6)7(22)18-9-19-8(20-21-9)11(15,16)17/h5-6H,1-4H2,(H2,18,19,20,21,22). The lowest BCUT2D eigenvalue weighted by molar-refractivity contribution is -0.185. The molecule has 5 nitrogen and oxygen atoms in total. The second kappa shape index (κ2) is 5.76. The van der Waals surface area contributed by atoms with Gasteiger partial charge in [0.1, 0.15) is 0 Å². The van der Waals surface area contributed by atoms with Crippen LogP contribution in [-0.2, 0) is 11.0 Å². The first-order valence-electron chi connectivity index (χ1n) is 6.44. The predicted octanol–water partition coefficient (Wildman–Crippen LogP) is 3.13. The SMILES string of the molecule is O=C(Nc1n[nH]c(C(F)(F)F)n1)C1CCCC(C(F)(F)F)C1. The van der Waals surface area contributed by atoms with Crippen LogP contribution in [-0.4, -0.2) is 27.3 Å². The fraction of sp³-hybridized carbons (Fsp3) is 0.727. The van der Waals surface area contributed by atoms with Gasteiger partial charge in [-0.15, -0.1) is 5.10 Å². The average Bonchev–Trinajstić information content (AvgIpc) is 2.86. The summed E-state index contributed by atoms with van der Waals surface area (Å²) < 4.78 is 74.9. The third-order valence-electron chi connectivity index (χ3n) is 3.50. The minimum absolute atomic E-state index is 0.0494. The zero-order valence-corrected chi connectivity index (χ0v) is 11.1. The van der Waals surface area contributed by atoms with Gasteiger partial charge in [0.2, 0.25) is 17.7 Å². The van der Waals surface area contributed by atoms with Crippen LogP contribution < -0.4 is 5.32 Å². The fourth-order valence-corrected chi connectivity index (χ4v) is 2.38. The Morgan fingerprint density at radius 2 is 1.86 bits per heavy atom. The van der Waals surface area contributed by atoms with Gasteiger partial charge in [0.15, 0.2) is 0 Å². The second-order valence-corrected chi connectivity index (χ2v) is 5.10. The zero-order valence-electron chi connectivity index (χ0n) is 11.1. The molecule has 1 fully saturated rings. The van der Waals surface area contributed by atoms with Crippen molar-refractivity contribution in [3.8, 4) is 0 Å². The van der Waals surface area contributed by atoms with Crippen LogP contribution in [0, 0.1) is 11.8 Å². The summed E-state index contributed by atoms with van der Waals surface area (Å²) in [4.78, 5) is 14.9. The molecular weight excluding hydrogens is 318 g/mol. The highest BCUT2D eigenvalue weighted by Gasteiger charge is 2.43. The van der Waals surface area contributed by atoms with E-state index < -0.39 is 41.9 Å². The number of nitrogens with zero attached hydrogens (tertiary/aromatic N) is 2. The molecule has 1 amide bonds. The summed E-state index contributed by atoms with van der Waals surface area (Å²) in [5, 5.41) is 6.80. The van der Waals surface area contributed by atoms with E-state index in [2.05, 4.69) is 10.1 Å². The lowest BCUT2D eigenvalue weighted by atomic mass is 9.80. The largest absolute Gasteiger partial charge is 0.451 e. The normalized spacial score (nSPS) is 23.4. The van der Waals surface area contributed by atoms with E-state index in [1.807, 2.05) is 5.32 Å². The fourth-order valence-electron chi connectivity index (χ4n) is 2.38. The van der Waals surface area contributed by atoms with Gasteiger partial charge in [0, 0.05) is 5.92 Å². The number of alkyl halides is 6. The molecule has 2 rings (SSSR count). The van der Waals surface area contributed by atoms with Gasteiger partial charge in [-0.1, -0.05) is 6.42 Å². The predicted molar refractivity (Wildman–Crippen MR) is 61.5 cm³/mol. The molecule has 0 spiro atoms. The molecule has 0 radical (unpaired) electrons. The second-order valence-electron chi connectivity index (χ2n) is 5.10. The molecule has 0 aromatic carbocycles. The van der Waals surface area contributed by atoms with Gasteiger partial charge >= 0.3 is 12.4 Å². The number of hydrogen-bond donors (Lipinski definition) is 2. The number of rotatable bonds is 2. The first-order valence-corrected chi connectivity index (χ1v) is 6.44. The highest BCUT2D eigenvalue weighted by atomic mass is 19.4. The summed E-state index contributed by atoms with van der Waals surface area (Å²) in [6.45, 7) is 0. The van der Waals surface area contributed by atoms with Crippen molar-refractivity contribution in [3.63, 3.8) is 0 Å². The van der Waals surface area contributed by atoms with Gasteiger partial charge < -0.3 is 0 Å². The number of amides is 1. The maximum atomic E-state index is 12.7. The summed E-state index contributed by atoms with van der Waals surface area (Å²) in [7, 11) is 0. The van der Waals surface area contributed by atoms with Crippen LogP contribution in [0.15, 0.2) is 0 Å². The summed E-state index contributed by atoms with van der Waals surface area (Å²) in [6, 6.07) is 0. The minimum Gasteiger partial charge on any atom is -0.293 e. The van der Waals surface area contributed by atoms with Crippen molar-refractivity contribution in [2.75, 3.05) is 5.32 Å². The van der Waals surface area contributed by atoms with Crippen molar-refractivity contribution in [1.82, 2.24) is 15.2 Å². The van der Waals surface area contributed by atoms with Gasteiger partial charge in [-0.3, -0.25) is 15.2 Å². The Labute approximate surface area is 120 Å². The zero-order chi connectivity index (χ0) is 16.5. The van der Waals surface area contributed by atoms with Gasteiger partial charge in [0.05, 0.1) is 5.92 Å². The third-order valence-corrected chi connectivity index (χ3v) is 3.50. The van der Waals surface area contributed by atoms with Crippen molar-refractivity contribution in [2.45, 2.75) is 38.0 Å². The molecule has 1 aromatic heterocycles. The molecule has 22 heavy (non-hydrogen) atoms. The lowest BCUT2D eigenvalue weighted by Gasteiger charge is -2.29. The van der Waals surface area contributed by atoms with Gasteiger partial charge in [-0.05, 0) is 19.3 Å². The number of halogens is 6. The highest BCUT2D eigenvalue weighted by molar-refractivity contribution is 5.90. The molecule has 2 atom stereocenters. The first-order chi connectivity index (χ1) is 10.1. The van der Waals surface area contributed by atoms with Crippen molar-refractivity contribution in [3.05, 3.63) is 5.82 Å². The van der Waals surface area contributed by atoms with Crippen LogP contribution in [0.3, 0.4) is 0 Å². The summed E-state index contributed by atoms with van der Waals surface area (Å²) in [5.74, 6) is -5.30. The van der Waals surface area contributed by atoms with Crippen LogP contribution in [0.4, 0.5) is 32.3 Å². The molecule has 1 aromatic rings. The van der Waals surface area contributed by atoms with Crippen LogP contribution in [0.2, 0.25) is 0 Å². The quantitative estimate of drug-likeness (QED) is 0.819. The van der Waals surface area contributed by atoms with Crippen LogP contribution in [0.1, 0.15) is 31.5 Å². The molecule has 1 aliphatic carbocycles. The number of aromatic amines is 1. The Morgan fingerprint density at radius 1 is 1.18 bits per heavy atom. The number of nitrogens with one attached hydrogen (secondary N) is 2. The van der Waals surface area contributed by atoms with E-state index in [9.17, 15) is 31.1 Å². The molecule has 0 bridgehead atoms. The van der Waals surface area contributed by atoms with E-state index in [-0.39, 0.29) is 25.7 Å². The van der Waals surface area contributed by atoms with Crippen molar-refractivity contribution in [1.29, 1.82) is 0 Å². The molecule has 1 heterocycles. The molecule has 0 aliphatic heterocycles. The number of anilines is 1. The van der Waals surface area contributed by atoms with Gasteiger partial charge in [-0.25, -0.2) is 0 Å². The maximum Gasteiger partial charge on any atom is 0.451 e. The molecule has 124 valence electrons. The number of hydrogen-bond acceptors (Lipinski definition) is 3. The minimum atomic E-state index is -4.75. The Bertz CT molecular complexity index is 537. The van der Waals surface area contributed by atoms with E-state index in [1.165, 1.54) is 0 Å². The molecule has 11 heteroatoms. The molecule has 0 saturated heterocycles. The summed E-state index contributed by atoms with van der Waals surface area (Å²) in [6.07, 6.45) is -9.09. The summed E-state index contributed by atoms with van der Waals surface area (Å²) in [5.41, 5.74) is 0. The van der Waals surface area contributed by atoms with E-state index in [1.54, 1.807) is 5.10 Å². The van der Waals surface area contributed by atoms with E-state index in [0.29, 0.717) is 0 Å². The molecule has 1 aliphatic rings. The van der Waals surface area contributed by atoms with Crippen LogP contribution >= 0.6 is 0 Å². The van der Waals surface area contributed by atoms with Crippen LogP contribution in [0.5, 0.6) is 0 Å². The van der Waals surface area contributed by atoms with Crippen molar-refractivity contribution >= 4 is 11.9 Å². The Balaban J connectivity index is 1.99. The Kier molecular flexibility index (Phi) is 4.34. The van der Waals surface area contributed by atoms with Crippen molar-refractivity contribution in [2.24, 2.45) is 11.8 Å². The lowest BCUT2D eigenvalue weighted by Crippen LogP contribution is -2.34. The Morgan fingerprint density at radius 3 is 2.41 bits per heavy atom. The average molecular weight is 330 g/mol. The van der Waals surface area contributed by atoms with E-state index in [4.69, 9.17) is 0 Å². The third kappa shape index (κ3) is 3.89. The highest BCUT2D eigenvalue weighted by Crippen LogP contribution is 2.40. The van der Waals surface area contributed by atoms with Gasteiger partial charge in [-0.2, -0.15) is 31.3 Å². The van der Waals surface area contributed by atoms with Crippen molar-refractivity contribution < 1.29 is 31.1 Å². The van der Waals surface area contributed by atoms with Gasteiger partial charge in [0.25, 0.3) is 0 Å². The van der Waals surface area contributed by atoms with E-state index >= 15 is 0 Å². The first kappa shape index (κ1) is 16.6. The molecule has 1 saturated carbocycles. The monoisotopic (exact) mass is 330 g/mol. The number of H-pyrrole nitrogens is 1. The smallest absolute Gasteiger partial charge is 0.293 e. The number of aromatic nitrogens is 3. The number of carbonyl (C=O) groups is 1. The maximum absolute atomic E-state index is 12.7. The topological polar surface area (TPSA) is 70.7 Å². The Hall–Kier alpha value is -1.81.